The van der Waals surface area contributed by atoms with Crippen molar-refractivity contribution in [2.45, 2.75) is 46.5 Å². The van der Waals surface area contributed by atoms with E-state index in [2.05, 4.69) is 6.92 Å². The summed E-state index contributed by atoms with van der Waals surface area (Å²) >= 11 is 0. The fourth-order valence-electron chi connectivity index (χ4n) is 1.80. The second-order valence-electron chi connectivity index (χ2n) is 4.86. The molecule has 1 aromatic carbocycles. The van der Waals surface area contributed by atoms with Crippen LogP contribution in [0.25, 0.3) is 0 Å². The first-order valence-corrected chi connectivity index (χ1v) is 7.03. The van der Waals surface area contributed by atoms with E-state index in [4.69, 9.17) is 9.47 Å². The Bertz CT molecular complexity index is 454. The van der Waals surface area contributed by atoms with Gasteiger partial charge < -0.3 is 9.47 Å². The van der Waals surface area contributed by atoms with E-state index in [1.165, 1.54) is 6.92 Å². The zero-order chi connectivity index (χ0) is 15.0. The fraction of sp³-hybridized carbons (Fsp3) is 0.500. The van der Waals surface area contributed by atoms with Crippen LogP contribution in [-0.4, -0.2) is 11.9 Å². The second-order valence-corrected chi connectivity index (χ2v) is 4.86. The number of carbonyl (C=O) groups excluding carboxylic acids is 2. The zero-order valence-corrected chi connectivity index (χ0v) is 12.3. The first-order valence-electron chi connectivity index (χ1n) is 7.03. The Morgan fingerprint density at radius 3 is 2.25 bits per heavy atom. The standard InChI is InChI=1S/C16H22O4/c1-4-5-6-9-12(2)16(18)20-15-11-8-7-10-14(15)19-13(3)17/h7-8,10-12H,4-6,9H2,1-3H3. The van der Waals surface area contributed by atoms with Crippen LogP contribution >= 0.6 is 0 Å². The van der Waals surface area contributed by atoms with Crippen LogP contribution in [0.4, 0.5) is 0 Å². The lowest BCUT2D eigenvalue weighted by Gasteiger charge is -2.13. The third-order valence-corrected chi connectivity index (χ3v) is 2.96. The van der Waals surface area contributed by atoms with Gasteiger partial charge in [0.25, 0.3) is 0 Å². The summed E-state index contributed by atoms with van der Waals surface area (Å²) in [6, 6.07) is 6.68. The van der Waals surface area contributed by atoms with Gasteiger partial charge in [-0.15, -0.1) is 0 Å². The molecule has 0 heterocycles. The summed E-state index contributed by atoms with van der Waals surface area (Å²) in [5.74, 6) is -0.332. The van der Waals surface area contributed by atoms with Crippen molar-refractivity contribution >= 4 is 11.9 Å². The molecule has 0 aliphatic rings. The molecule has 1 aromatic rings. The minimum atomic E-state index is -0.440. The number of hydrogen-bond donors (Lipinski definition) is 0. The molecule has 0 amide bonds. The molecule has 0 spiro atoms. The molecule has 4 nitrogen and oxygen atoms in total. The Kier molecular flexibility index (Phi) is 6.77. The average molecular weight is 278 g/mol. The molecule has 1 rings (SSSR count). The Labute approximate surface area is 120 Å². The van der Waals surface area contributed by atoms with Crippen molar-refractivity contribution in [1.29, 1.82) is 0 Å². The van der Waals surface area contributed by atoms with E-state index in [1.807, 2.05) is 6.92 Å². The summed E-state index contributed by atoms with van der Waals surface area (Å²) in [4.78, 5) is 23.0. The van der Waals surface area contributed by atoms with E-state index >= 15 is 0 Å². The minimum absolute atomic E-state index is 0.160. The summed E-state index contributed by atoms with van der Waals surface area (Å²) in [7, 11) is 0. The molecule has 0 radical (unpaired) electrons. The number of esters is 2. The molecule has 0 aromatic heterocycles. The highest BCUT2D eigenvalue weighted by atomic mass is 16.6. The van der Waals surface area contributed by atoms with Gasteiger partial charge >= 0.3 is 11.9 Å². The second kappa shape index (κ2) is 8.35. The predicted octanol–water partition coefficient (Wildman–Crippen LogP) is 3.73. The number of hydrogen-bond acceptors (Lipinski definition) is 4. The van der Waals surface area contributed by atoms with Gasteiger partial charge in [-0.25, -0.2) is 0 Å². The fourth-order valence-corrected chi connectivity index (χ4v) is 1.80. The largest absolute Gasteiger partial charge is 0.423 e. The maximum Gasteiger partial charge on any atom is 0.314 e. The van der Waals surface area contributed by atoms with Crippen molar-refractivity contribution in [3.05, 3.63) is 24.3 Å². The normalized spacial score (nSPS) is 11.8. The molecule has 0 saturated heterocycles. The molecule has 0 saturated carbocycles. The number of para-hydroxylation sites is 2. The summed E-state index contributed by atoms with van der Waals surface area (Å²) in [5, 5.41) is 0. The van der Waals surface area contributed by atoms with Gasteiger partial charge in [0.05, 0.1) is 5.92 Å². The Morgan fingerprint density at radius 1 is 1.10 bits per heavy atom. The van der Waals surface area contributed by atoms with Crippen LogP contribution in [0.1, 0.15) is 46.5 Å². The zero-order valence-electron chi connectivity index (χ0n) is 12.3. The summed E-state index contributed by atoms with van der Waals surface area (Å²) < 4.78 is 10.3. The summed E-state index contributed by atoms with van der Waals surface area (Å²) in [6.45, 7) is 5.29. The highest BCUT2D eigenvalue weighted by Crippen LogP contribution is 2.27. The van der Waals surface area contributed by atoms with Crippen LogP contribution in [-0.2, 0) is 9.59 Å². The van der Waals surface area contributed by atoms with E-state index in [0.717, 1.165) is 25.7 Å². The summed E-state index contributed by atoms with van der Waals surface area (Å²) in [6.07, 6.45) is 4.06. The van der Waals surface area contributed by atoms with Gasteiger partial charge in [0.15, 0.2) is 11.5 Å². The van der Waals surface area contributed by atoms with E-state index in [0.29, 0.717) is 0 Å². The van der Waals surface area contributed by atoms with E-state index in [-0.39, 0.29) is 23.4 Å². The average Bonchev–Trinajstić information content (AvgIpc) is 2.40. The molecule has 110 valence electrons. The van der Waals surface area contributed by atoms with Crippen molar-refractivity contribution in [1.82, 2.24) is 0 Å². The molecule has 20 heavy (non-hydrogen) atoms. The van der Waals surface area contributed by atoms with Gasteiger partial charge in [0, 0.05) is 6.92 Å². The van der Waals surface area contributed by atoms with Gasteiger partial charge in [-0.1, -0.05) is 45.2 Å². The van der Waals surface area contributed by atoms with Gasteiger partial charge in [0.2, 0.25) is 0 Å². The Balaban J connectivity index is 2.63. The van der Waals surface area contributed by atoms with Crippen molar-refractivity contribution in [2.24, 2.45) is 5.92 Å². The first-order chi connectivity index (χ1) is 9.54. The van der Waals surface area contributed by atoms with Crippen LogP contribution < -0.4 is 9.47 Å². The van der Waals surface area contributed by atoms with Crippen molar-refractivity contribution < 1.29 is 19.1 Å². The highest BCUT2D eigenvalue weighted by Gasteiger charge is 2.17. The monoisotopic (exact) mass is 278 g/mol. The Morgan fingerprint density at radius 2 is 1.70 bits per heavy atom. The van der Waals surface area contributed by atoms with Crippen LogP contribution in [0.3, 0.4) is 0 Å². The van der Waals surface area contributed by atoms with Crippen molar-refractivity contribution in [3.8, 4) is 11.5 Å². The molecular weight excluding hydrogens is 256 g/mol. The van der Waals surface area contributed by atoms with Crippen LogP contribution in [0.5, 0.6) is 11.5 Å². The number of rotatable bonds is 7. The van der Waals surface area contributed by atoms with E-state index in [9.17, 15) is 9.59 Å². The van der Waals surface area contributed by atoms with Gasteiger partial charge in [0.1, 0.15) is 0 Å². The predicted molar refractivity (Wildman–Crippen MR) is 76.7 cm³/mol. The number of unbranched alkanes of at least 4 members (excludes halogenated alkanes) is 2. The summed E-state index contributed by atoms with van der Waals surface area (Å²) in [5.41, 5.74) is 0. The first kappa shape index (κ1) is 16.2. The highest BCUT2D eigenvalue weighted by molar-refractivity contribution is 5.76. The van der Waals surface area contributed by atoms with Gasteiger partial charge in [-0.2, -0.15) is 0 Å². The van der Waals surface area contributed by atoms with Crippen LogP contribution in [0.2, 0.25) is 0 Å². The number of benzene rings is 1. The lowest BCUT2D eigenvalue weighted by Crippen LogP contribution is -2.18. The smallest absolute Gasteiger partial charge is 0.314 e. The SMILES string of the molecule is CCCCCC(C)C(=O)Oc1ccccc1OC(C)=O. The lowest BCUT2D eigenvalue weighted by atomic mass is 10.0. The molecule has 0 N–H and O–H groups in total. The van der Waals surface area contributed by atoms with Gasteiger partial charge in [-0.3, -0.25) is 9.59 Å². The number of carbonyl (C=O) groups is 2. The van der Waals surface area contributed by atoms with Crippen LogP contribution in [0, 0.1) is 5.92 Å². The van der Waals surface area contributed by atoms with Crippen molar-refractivity contribution in [2.75, 3.05) is 0 Å². The topological polar surface area (TPSA) is 52.6 Å². The lowest BCUT2D eigenvalue weighted by molar-refractivity contribution is -0.139. The molecule has 0 aliphatic carbocycles. The molecule has 4 heteroatoms. The molecule has 0 aliphatic heterocycles. The van der Waals surface area contributed by atoms with E-state index < -0.39 is 5.97 Å². The molecule has 0 fully saturated rings. The quantitative estimate of drug-likeness (QED) is 0.433. The molecule has 0 bridgehead atoms. The number of ether oxygens (including phenoxy) is 2. The van der Waals surface area contributed by atoms with Crippen LogP contribution in [0.15, 0.2) is 24.3 Å². The maximum atomic E-state index is 12.0. The molecule has 1 atom stereocenters. The minimum Gasteiger partial charge on any atom is -0.423 e. The molecular formula is C16H22O4. The van der Waals surface area contributed by atoms with Gasteiger partial charge in [-0.05, 0) is 18.6 Å². The Hall–Kier alpha value is -1.84. The third-order valence-electron chi connectivity index (χ3n) is 2.96. The maximum absolute atomic E-state index is 12.0. The molecule has 1 unspecified atom stereocenters. The van der Waals surface area contributed by atoms with E-state index in [1.54, 1.807) is 24.3 Å². The van der Waals surface area contributed by atoms with Crippen molar-refractivity contribution in [3.63, 3.8) is 0 Å². The third kappa shape index (κ3) is 5.43.